The van der Waals surface area contributed by atoms with Crippen LogP contribution in [0.4, 0.5) is 0 Å². The summed E-state index contributed by atoms with van der Waals surface area (Å²) in [6, 6.07) is 39.9. The summed E-state index contributed by atoms with van der Waals surface area (Å²) < 4.78 is 31.8. The average molecular weight is 705 g/mol. The zero-order valence-electron chi connectivity index (χ0n) is 27.3. The van der Waals surface area contributed by atoms with Crippen molar-refractivity contribution in [2.75, 3.05) is 6.54 Å². The molecule has 50 heavy (non-hydrogen) atoms. The molecule has 0 spiro atoms. The summed E-state index contributed by atoms with van der Waals surface area (Å²) in [6.45, 7) is 0.148. The van der Waals surface area contributed by atoms with Gasteiger partial charge < -0.3 is 9.67 Å². The zero-order chi connectivity index (χ0) is 35.1. The highest BCUT2D eigenvalue weighted by Crippen LogP contribution is 2.38. The molecule has 0 saturated carbocycles. The van der Waals surface area contributed by atoms with Crippen molar-refractivity contribution in [1.29, 1.82) is 0 Å². The number of carboxylic acid groups (broad SMARTS) is 1. The van der Waals surface area contributed by atoms with E-state index >= 15 is 0 Å². The topological polar surface area (TPSA) is 105 Å². The summed E-state index contributed by atoms with van der Waals surface area (Å²) in [6.07, 6.45) is 3.28. The zero-order valence-corrected chi connectivity index (χ0v) is 28.9. The Morgan fingerprint density at radius 1 is 0.800 bits per heavy atom. The number of aryl methyl sites for hydroxylation is 2. The van der Waals surface area contributed by atoms with Crippen LogP contribution < -0.4 is 4.72 Å². The van der Waals surface area contributed by atoms with E-state index in [4.69, 9.17) is 11.6 Å². The van der Waals surface area contributed by atoms with E-state index in [-0.39, 0.29) is 23.9 Å². The number of nitrogens with zero attached hydrogens (tertiary/aromatic N) is 1. The van der Waals surface area contributed by atoms with Crippen LogP contribution >= 0.6 is 11.6 Å². The molecule has 6 rings (SSSR count). The first kappa shape index (κ1) is 34.8. The molecule has 0 unspecified atom stereocenters. The number of carbonyl (C=O) groups is 2. The number of halogens is 1. The standard InChI is InChI=1S/C41H37ClN2O5S/c42-35-22-23-38-37(26-35)36(17-9-10-29-18-20-32(21-19-29)41(46)47)39(24-25-43-50(48,49)28-34-16-8-7-15-33(34)27-45)44(38)40(30-11-3-1-4-12-30)31-13-5-2-6-14-31/h1-8,11-16,18-23,26-27,40,43H,9-10,17,24-25,28H2,(H,46,47). The van der Waals surface area contributed by atoms with E-state index in [1.807, 2.05) is 66.7 Å². The van der Waals surface area contributed by atoms with Crippen molar-refractivity contribution < 1.29 is 23.1 Å². The highest BCUT2D eigenvalue weighted by molar-refractivity contribution is 7.88. The maximum absolute atomic E-state index is 13.3. The van der Waals surface area contributed by atoms with Crippen LogP contribution in [0.2, 0.25) is 5.02 Å². The quantitative estimate of drug-likeness (QED) is 0.105. The Hall–Kier alpha value is -5.02. The van der Waals surface area contributed by atoms with E-state index in [0.29, 0.717) is 35.3 Å². The second-order valence-corrected chi connectivity index (χ2v) is 14.5. The molecule has 0 saturated heterocycles. The fraction of sp³-hybridized carbons (Fsp3) is 0.171. The van der Waals surface area contributed by atoms with Gasteiger partial charge in [0, 0.05) is 40.1 Å². The molecule has 0 atom stereocenters. The van der Waals surface area contributed by atoms with E-state index in [9.17, 15) is 23.1 Å². The fourth-order valence-corrected chi connectivity index (χ4v) is 8.02. The van der Waals surface area contributed by atoms with Gasteiger partial charge in [-0.1, -0.05) is 109 Å². The van der Waals surface area contributed by atoms with Crippen LogP contribution in [0.25, 0.3) is 10.9 Å². The lowest BCUT2D eigenvalue weighted by atomic mass is 9.97. The number of hydrogen-bond acceptors (Lipinski definition) is 4. The van der Waals surface area contributed by atoms with Crippen molar-refractivity contribution in [3.63, 3.8) is 0 Å². The molecular weight excluding hydrogens is 668 g/mol. The van der Waals surface area contributed by atoms with Crippen LogP contribution in [0.1, 0.15) is 66.7 Å². The second kappa shape index (κ2) is 15.7. The Morgan fingerprint density at radius 2 is 1.44 bits per heavy atom. The molecule has 254 valence electrons. The lowest BCUT2D eigenvalue weighted by molar-refractivity contribution is 0.0696. The summed E-state index contributed by atoms with van der Waals surface area (Å²) in [7, 11) is -3.77. The molecule has 0 radical (unpaired) electrons. The molecule has 0 bridgehead atoms. The fourth-order valence-electron chi connectivity index (χ4n) is 6.66. The van der Waals surface area contributed by atoms with Gasteiger partial charge in [0.05, 0.1) is 17.4 Å². The van der Waals surface area contributed by atoms with E-state index in [0.717, 1.165) is 51.7 Å². The van der Waals surface area contributed by atoms with Gasteiger partial charge in [-0.25, -0.2) is 17.9 Å². The molecule has 9 heteroatoms. The summed E-state index contributed by atoms with van der Waals surface area (Å²) in [4.78, 5) is 22.9. The van der Waals surface area contributed by atoms with Crippen molar-refractivity contribution in [2.45, 2.75) is 37.5 Å². The molecule has 0 fully saturated rings. The van der Waals surface area contributed by atoms with Crippen LogP contribution in [-0.2, 0) is 35.0 Å². The van der Waals surface area contributed by atoms with Crippen LogP contribution in [0.5, 0.6) is 0 Å². The molecule has 2 N–H and O–H groups in total. The molecule has 0 amide bonds. The first-order chi connectivity index (χ1) is 24.2. The Balaban J connectivity index is 1.40. The van der Waals surface area contributed by atoms with Crippen molar-refractivity contribution in [2.24, 2.45) is 0 Å². The molecule has 0 aliphatic heterocycles. The van der Waals surface area contributed by atoms with E-state index in [1.54, 1.807) is 36.4 Å². The Morgan fingerprint density at radius 3 is 2.08 bits per heavy atom. The molecule has 7 nitrogen and oxygen atoms in total. The number of aldehydes is 1. The van der Waals surface area contributed by atoms with Gasteiger partial charge in [0.25, 0.3) is 0 Å². The first-order valence-electron chi connectivity index (χ1n) is 16.5. The predicted molar refractivity (Wildman–Crippen MR) is 199 cm³/mol. The molecule has 1 aromatic heterocycles. The molecular formula is C41H37ClN2O5S. The van der Waals surface area contributed by atoms with Crippen molar-refractivity contribution in [1.82, 2.24) is 9.29 Å². The normalized spacial score (nSPS) is 11.6. The molecule has 5 aromatic carbocycles. The van der Waals surface area contributed by atoms with E-state index in [1.165, 1.54) is 0 Å². The van der Waals surface area contributed by atoms with Crippen LogP contribution in [0.15, 0.2) is 127 Å². The Bertz CT molecular complexity index is 2180. The highest BCUT2D eigenvalue weighted by atomic mass is 35.5. The number of sulfonamides is 1. The van der Waals surface area contributed by atoms with Gasteiger partial charge in [-0.15, -0.1) is 0 Å². The number of carboxylic acids is 1. The minimum Gasteiger partial charge on any atom is -0.478 e. The number of carbonyl (C=O) groups excluding carboxylic acids is 1. The lowest BCUT2D eigenvalue weighted by Gasteiger charge is -2.25. The number of aromatic nitrogens is 1. The minimum atomic E-state index is -3.77. The summed E-state index contributed by atoms with van der Waals surface area (Å²) >= 11 is 6.63. The van der Waals surface area contributed by atoms with E-state index < -0.39 is 16.0 Å². The summed E-state index contributed by atoms with van der Waals surface area (Å²) in [5.41, 5.74) is 7.33. The number of aromatic carboxylic acids is 1. The van der Waals surface area contributed by atoms with E-state index in [2.05, 4.69) is 33.6 Å². The number of rotatable bonds is 15. The summed E-state index contributed by atoms with van der Waals surface area (Å²) in [5, 5.41) is 10.9. The van der Waals surface area contributed by atoms with Gasteiger partial charge in [-0.05, 0) is 77.4 Å². The smallest absolute Gasteiger partial charge is 0.335 e. The van der Waals surface area contributed by atoms with Gasteiger partial charge in [-0.3, -0.25) is 4.79 Å². The van der Waals surface area contributed by atoms with Crippen LogP contribution in [0.3, 0.4) is 0 Å². The number of nitrogens with one attached hydrogen (secondary N) is 1. The monoisotopic (exact) mass is 704 g/mol. The first-order valence-corrected chi connectivity index (χ1v) is 18.5. The van der Waals surface area contributed by atoms with Crippen LogP contribution in [0, 0.1) is 0 Å². The highest BCUT2D eigenvalue weighted by Gasteiger charge is 2.26. The third-order valence-corrected chi connectivity index (χ3v) is 10.5. The van der Waals surface area contributed by atoms with Gasteiger partial charge in [0.15, 0.2) is 0 Å². The second-order valence-electron chi connectivity index (χ2n) is 12.3. The Kier molecular flexibility index (Phi) is 10.9. The molecule has 1 heterocycles. The largest absolute Gasteiger partial charge is 0.478 e. The summed E-state index contributed by atoms with van der Waals surface area (Å²) in [5.74, 6) is -1.26. The van der Waals surface area contributed by atoms with Crippen LogP contribution in [-0.4, -0.2) is 36.9 Å². The van der Waals surface area contributed by atoms with Gasteiger partial charge in [0.2, 0.25) is 10.0 Å². The predicted octanol–water partition coefficient (Wildman–Crippen LogP) is 8.28. The van der Waals surface area contributed by atoms with Gasteiger partial charge in [0.1, 0.15) is 6.29 Å². The average Bonchev–Trinajstić information content (AvgIpc) is 3.41. The molecule has 0 aliphatic carbocycles. The van der Waals surface area contributed by atoms with Gasteiger partial charge in [-0.2, -0.15) is 0 Å². The van der Waals surface area contributed by atoms with Gasteiger partial charge >= 0.3 is 5.97 Å². The number of fused-ring (bicyclic) bond motifs is 1. The maximum atomic E-state index is 13.3. The molecule has 6 aromatic rings. The number of benzene rings is 5. The van der Waals surface area contributed by atoms with Crippen molar-refractivity contribution in [3.05, 3.63) is 177 Å². The number of hydrogen-bond donors (Lipinski definition) is 2. The van der Waals surface area contributed by atoms with Crippen molar-refractivity contribution >= 4 is 44.8 Å². The minimum absolute atomic E-state index is 0.148. The molecule has 0 aliphatic rings. The third kappa shape index (κ3) is 8.05. The third-order valence-electron chi connectivity index (χ3n) is 8.98. The Labute approximate surface area is 297 Å². The van der Waals surface area contributed by atoms with Crippen molar-refractivity contribution in [3.8, 4) is 0 Å². The lowest BCUT2D eigenvalue weighted by Crippen LogP contribution is -2.28. The maximum Gasteiger partial charge on any atom is 0.335 e. The SMILES string of the molecule is O=Cc1ccccc1CS(=O)(=O)NCCc1c(CCCc2ccc(C(=O)O)cc2)c2cc(Cl)ccc2n1C(c1ccccc1)c1ccccc1.